The molecule has 1 fully saturated rings. The number of aromatic nitrogens is 4. The molecule has 0 saturated carbocycles. The summed E-state index contributed by atoms with van der Waals surface area (Å²) in [5.41, 5.74) is 3.10. The molecule has 1 atom stereocenters. The first-order chi connectivity index (χ1) is 16.1. The van der Waals surface area contributed by atoms with Gasteiger partial charge in [0.2, 0.25) is 5.91 Å². The van der Waals surface area contributed by atoms with Gasteiger partial charge in [0.1, 0.15) is 23.2 Å². The first kappa shape index (κ1) is 21.6. The minimum Gasteiger partial charge on any atom is -0.497 e. The highest BCUT2D eigenvalue weighted by atomic mass is 16.5. The van der Waals surface area contributed by atoms with Crippen LogP contribution < -0.4 is 9.64 Å². The number of hydrogen-bond acceptors (Lipinski definition) is 6. The van der Waals surface area contributed by atoms with E-state index in [0.717, 1.165) is 72.5 Å². The molecule has 4 heterocycles. The average molecular weight is 447 g/mol. The van der Waals surface area contributed by atoms with Crippen LogP contribution in [0.4, 0.5) is 5.82 Å². The zero-order chi connectivity index (χ0) is 22.8. The number of piperidine rings is 1. The lowest BCUT2D eigenvalue weighted by molar-refractivity contribution is -0.119. The van der Waals surface area contributed by atoms with E-state index in [4.69, 9.17) is 14.7 Å². The number of aromatic amines is 1. The molecule has 5 rings (SSSR count). The van der Waals surface area contributed by atoms with Crippen LogP contribution in [0.15, 0.2) is 36.7 Å². The molecule has 0 bridgehead atoms. The van der Waals surface area contributed by atoms with E-state index < -0.39 is 0 Å². The van der Waals surface area contributed by atoms with Crippen molar-refractivity contribution in [1.82, 2.24) is 24.8 Å². The number of fused-ring (bicyclic) bond motifs is 1. The van der Waals surface area contributed by atoms with E-state index in [2.05, 4.69) is 14.9 Å². The molecule has 8 nitrogen and oxygen atoms in total. The Labute approximate surface area is 194 Å². The molecule has 0 radical (unpaired) electrons. The number of carbonyl (C=O) groups excluding carboxylic acids is 1. The number of nitrogens with zero attached hydrogens (tertiary/aromatic N) is 5. The number of H-pyrrole nitrogens is 1. The second-order valence-electron chi connectivity index (χ2n) is 8.91. The van der Waals surface area contributed by atoms with Crippen LogP contribution in [0.5, 0.6) is 5.75 Å². The fourth-order valence-corrected chi connectivity index (χ4v) is 4.91. The second kappa shape index (κ2) is 9.31. The third-order valence-corrected chi connectivity index (χ3v) is 6.63. The van der Waals surface area contributed by atoms with Crippen molar-refractivity contribution in [3.8, 4) is 5.75 Å². The number of carbonyl (C=O) groups is 1. The molecule has 1 amide bonds. The summed E-state index contributed by atoms with van der Waals surface area (Å²) in [7, 11) is 1.66. The van der Waals surface area contributed by atoms with Crippen LogP contribution in [0.1, 0.15) is 53.7 Å². The van der Waals surface area contributed by atoms with E-state index in [1.165, 1.54) is 0 Å². The van der Waals surface area contributed by atoms with Gasteiger partial charge < -0.3 is 9.72 Å². The van der Waals surface area contributed by atoms with E-state index in [-0.39, 0.29) is 11.8 Å². The predicted octanol–water partition coefficient (Wildman–Crippen LogP) is 3.38. The Balaban J connectivity index is 1.41. The number of hydrogen-bond donors (Lipinski definition) is 1. The highest BCUT2D eigenvalue weighted by Crippen LogP contribution is 2.33. The van der Waals surface area contributed by atoms with Gasteiger partial charge in [0, 0.05) is 42.5 Å². The van der Waals surface area contributed by atoms with Gasteiger partial charge in [-0.15, -0.1) is 0 Å². The maximum absolute atomic E-state index is 13.0. The zero-order valence-electron chi connectivity index (χ0n) is 19.3. The predicted molar refractivity (Wildman–Crippen MR) is 125 cm³/mol. The Morgan fingerprint density at radius 3 is 2.94 bits per heavy atom. The van der Waals surface area contributed by atoms with Gasteiger partial charge in [-0.1, -0.05) is 12.1 Å². The van der Waals surface area contributed by atoms with Crippen molar-refractivity contribution in [2.45, 2.75) is 51.6 Å². The third kappa shape index (κ3) is 4.61. The van der Waals surface area contributed by atoms with Gasteiger partial charge in [0.15, 0.2) is 0 Å². The molecule has 2 aromatic heterocycles. The molecule has 0 aliphatic carbocycles. The van der Waals surface area contributed by atoms with Crippen LogP contribution in [0.25, 0.3) is 0 Å². The molecule has 0 spiro atoms. The van der Waals surface area contributed by atoms with Crippen LogP contribution in [0.2, 0.25) is 0 Å². The number of amides is 1. The number of ether oxygens (including phenoxy) is 1. The molecule has 2 aliphatic rings. The fourth-order valence-electron chi connectivity index (χ4n) is 4.91. The van der Waals surface area contributed by atoms with Crippen molar-refractivity contribution in [2.24, 2.45) is 0 Å². The van der Waals surface area contributed by atoms with E-state index in [0.29, 0.717) is 19.4 Å². The number of nitrogens with one attached hydrogen (secondary N) is 1. The van der Waals surface area contributed by atoms with Crippen LogP contribution in [-0.4, -0.2) is 50.9 Å². The summed E-state index contributed by atoms with van der Waals surface area (Å²) in [6, 6.07) is 7.87. The Hall–Kier alpha value is -3.26. The number of rotatable bonds is 6. The van der Waals surface area contributed by atoms with Gasteiger partial charge in [0.05, 0.1) is 20.2 Å². The summed E-state index contributed by atoms with van der Waals surface area (Å²) in [6.07, 6.45) is 6.99. The first-order valence-electron chi connectivity index (χ1n) is 11.6. The van der Waals surface area contributed by atoms with E-state index >= 15 is 0 Å². The maximum atomic E-state index is 13.0. The molecule has 33 heavy (non-hydrogen) atoms. The van der Waals surface area contributed by atoms with Crippen LogP contribution in [-0.2, 0) is 24.3 Å². The molecule has 8 heteroatoms. The largest absolute Gasteiger partial charge is 0.497 e. The lowest BCUT2D eigenvalue weighted by Crippen LogP contribution is -2.38. The minimum absolute atomic E-state index is 0.109. The summed E-state index contributed by atoms with van der Waals surface area (Å²) >= 11 is 0. The van der Waals surface area contributed by atoms with Gasteiger partial charge in [-0.05, 0) is 50.4 Å². The molecule has 2 aliphatic heterocycles. The normalized spacial score (nSPS) is 18.9. The minimum atomic E-state index is 0.109. The quantitative estimate of drug-likeness (QED) is 0.625. The maximum Gasteiger partial charge on any atom is 0.228 e. The molecule has 1 aromatic carbocycles. The monoisotopic (exact) mass is 446 g/mol. The summed E-state index contributed by atoms with van der Waals surface area (Å²) in [5.74, 6) is 3.75. The summed E-state index contributed by atoms with van der Waals surface area (Å²) in [6.45, 7) is 5.26. The van der Waals surface area contributed by atoms with Crippen molar-refractivity contribution in [3.63, 3.8) is 0 Å². The van der Waals surface area contributed by atoms with Crippen molar-refractivity contribution >= 4 is 11.7 Å². The summed E-state index contributed by atoms with van der Waals surface area (Å²) in [4.78, 5) is 34.7. The Morgan fingerprint density at radius 2 is 2.12 bits per heavy atom. The average Bonchev–Trinajstić information content (AvgIpc) is 3.34. The molecular weight excluding hydrogens is 416 g/mol. The van der Waals surface area contributed by atoms with Gasteiger partial charge >= 0.3 is 0 Å². The number of imidazole rings is 1. The molecule has 1 unspecified atom stereocenters. The Bertz CT molecular complexity index is 1130. The van der Waals surface area contributed by atoms with E-state index in [1.54, 1.807) is 13.3 Å². The van der Waals surface area contributed by atoms with Crippen LogP contribution >= 0.6 is 0 Å². The highest BCUT2D eigenvalue weighted by Gasteiger charge is 2.31. The van der Waals surface area contributed by atoms with Crippen LogP contribution in [0, 0.1) is 6.92 Å². The highest BCUT2D eigenvalue weighted by molar-refractivity contribution is 5.95. The zero-order valence-corrected chi connectivity index (χ0v) is 19.3. The van der Waals surface area contributed by atoms with E-state index in [1.807, 2.05) is 42.3 Å². The van der Waals surface area contributed by atoms with Crippen molar-refractivity contribution in [3.05, 3.63) is 65.1 Å². The Kier molecular flexibility index (Phi) is 6.09. The topological polar surface area (TPSA) is 87.2 Å². The van der Waals surface area contributed by atoms with Gasteiger partial charge in [-0.2, -0.15) is 0 Å². The van der Waals surface area contributed by atoms with Crippen LogP contribution in [0.3, 0.4) is 0 Å². The third-order valence-electron chi connectivity index (χ3n) is 6.63. The summed E-state index contributed by atoms with van der Waals surface area (Å²) < 4.78 is 5.36. The number of methoxy groups -OCH3 is 1. The molecule has 1 N–H and O–H groups in total. The fraction of sp³-hybridized carbons (Fsp3) is 0.440. The van der Waals surface area contributed by atoms with Gasteiger partial charge in [-0.3, -0.25) is 14.6 Å². The standard InChI is InChI=1S/C25H30N6O2/c1-17-21-8-9-23(32)31(14-18-5-3-7-20(13-18)33-2)25(21)29-24(28-17)19-6-4-12-30(15-19)16-22-26-10-11-27-22/h3,5,7,10-11,13,19H,4,6,8-9,12,14-16H2,1-2H3,(H,26,27). The first-order valence-corrected chi connectivity index (χ1v) is 11.6. The van der Waals surface area contributed by atoms with E-state index in [9.17, 15) is 4.79 Å². The number of anilines is 1. The smallest absolute Gasteiger partial charge is 0.228 e. The van der Waals surface area contributed by atoms with Crippen molar-refractivity contribution < 1.29 is 9.53 Å². The number of likely N-dealkylation sites (tertiary alicyclic amines) is 1. The van der Waals surface area contributed by atoms with Gasteiger partial charge in [0.25, 0.3) is 0 Å². The molecule has 172 valence electrons. The number of benzene rings is 1. The molecule has 3 aromatic rings. The SMILES string of the molecule is COc1cccc(CN2C(=O)CCc3c(C)nc(C4CCCN(Cc5ncc[nH]5)C4)nc32)c1. The summed E-state index contributed by atoms with van der Waals surface area (Å²) in [5, 5.41) is 0. The lowest BCUT2D eigenvalue weighted by atomic mass is 9.96. The molecule has 1 saturated heterocycles. The molecular formula is C25H30N6O2. The van der Waals surface area contributed by atoms with Crippen molar-refractivity contribution in [2.75, 3.05) is 25.1 Å². The lowest BCUT2D eigenvalue weighted by Gasteiger charge is -2.33. The van der Waals surface area contributed by atoms with Crippen molar-refractivity contribution in [1.29, 1.82) is 0 Å². The second-order valence-corrected chi connectivity index (χ2v) is 8.91. The van der Waals surface area contributed by atoms with Gasteiger partial charge in [-0.25, -0.2) is 15.0 Å². The Morgan fingerprint density at radius 1 is 1.21 bits per heavy atom. The number of aryl methyl sites for hydroxylation is 1.